The van der Waals surface area contributed by atoms with Crippen molar-refractivity contribution in [3.8, 4) is 0 Å². The van der Waals surface area contributed by atoms with Crippen molar-refractivity contribution in [2.75, 3.05) is 35.8 Å². The van der Waals surface area contributed by atoms with Crippen molar-refractivity contribution in [1.29, 1.82) is 0 Å². The van der Waals surface area contributed by atoms with Gasteiger partial charge >= 0.3 is 0 Å². The molecule has 1 saturated carbocycles. The van der Waals surface area contributed by atoms with Crippen LogP contribution in [-0.2, 0) is 10.0 Å². The molecule has 0 unspecified atom stereocenters. The monoisotopic (exact) mass is 594 g/mol. The molecule has 3 aromatic carbocycles. The summed E-state index contributed by atoms with van der Waals surface area (Å²) in [5.74, 6) is -1.68. The summed E-state index contributed by atoms with van der Waals surface area (Å²) in [5.41, 5.74) is 2.83. The molecular formula is C32H36F2N4O3S. The lowest BCUT2D eigenvalue weighted by Gasteiger charge is -2.36. The van der Waals surface area contributed by atoms with Crippen LogP contribution >= 0.6 is 0 Å². The Morgan fingerprint density at radius 3 is 2.24 bits per heavy atom. The van der Waals surface area contributed by atoms with E-state index in [1.54, 1.807) is 54.4 Å². The quantitative estimate of drug-likeness (QED) is 0.239. The number of rotatable bonds is 7. The summed E-state index contributed by atoms with van der Waals surface area (Å²) in [7, 11) is -3.94. The van der Waals surface area contributed by atoms with Crippen LogP contribution in [0.3, 0.4) is 0 Å². The Morgan fingerprint density at radius 2 is 1.60 bits per heavy atom. The molecule has 1 saturated heterocycles. The predicted octanol–water partition coefficient (Wildman–Crippen LogP) is 6.89. The number of para-hydroxylation sites is 1. The number of benzene rings is 3. The Kier molecular flexibility index (Phi) is 9.21. The van der Waals surface area contributed by atoms with Gasteiger partial charge in [-0.2, -0.15) is 0 Å². The molecule has 0 spiro atoms. The van der Waals surface area contributed by atoms with Gasteiger partial charge < -0.3 is 9.80 Å². The zero-order valence-electron chi connectivity index (χ0n) is 23.7. The average molecular weight is 595 g/mol. The molecule has 1 heterocycles. The normalized spacial score (nSPS) is 16.9. The van der Waals surface area contributed by atoms with Crippen LogP contribution in [0.15, 0.2) is 70.6 Å². The fourth-order valence-corrected chi connectivity index (χ4v) is 7.11. The van der Waals surface area contributed by atoms with Crippen molar-refractivity contribution in [3.63, 3.8) is 0 Å². The van der Waals surface area contributed by atoms with Gasteiger partial charge in [-0.3, -0.25) is 14.5 Å². The number of carbonyl (C=O) groups is 1. The maximum absolute atomic E-state index is 13.6. The van der Waals surface area contributed by atoms with Crippen LogP contribution in [-0.4, -0.2) is 51.6 Å². The predicted molar refractivity (Wildman–Crippen MR) is 162 cm³/mol. The van der Waals surface area contributed by atoms with E-state index in [0.717, 1.165) is 43.4 Å². The van der Waals surface area contributed by atoms with Gasteiger partial charge in [-0.25, -0.2) is 17.2 Å². The summed E-state index contributed by atoms with van der Waals surface area (Å²) in [6.45, 7) is 3.59. The van der Waals surface area contributed by atoms with Crippen molar-refractivity contribution in [2.45, 2.75) is 56.3 Å². The number of nitrogens with one attached hydrogen (secondary N) is 1. The van der Waals surface area contributed by atoms with Crippen molar-refractivity contribution in [2.24, 2.45) is 4.99 Å². The summed E-state index contributed by atoms with van der Waals surface area (Å²) in [5, 5.41) is 0. The van der Waals surface area contributed by atoms with Crippen LogP contribution in [0.2, 0.25) is 0 Å². The third-order valence-electron chi connectivity index (χ3n) is 8.09. The Balaban J connectivity index is 1.26. The molecular weight excluding hydrogens is 558 g/mol. The average Bonchev–Trinajstić information content (AvgIpc) is 3.28. The number of hydrogen-bond donors (Lipinski definition) is 1. The Labute approximate surface area is 246 Å². The molecule has 5 rings (SSSR count). The van der Waals surface area contributed by atoms with Crippen LogP contribution < -0.4 is 9.62 Å². The van der Waals surface area contributed by atoms with Gasteiger partial charge in [-0.05, 0) is 73.7 Å². The van der Waals surface area contributed by atoms with Crippen LogP contribution in [0.1, 0.15) is 67.3 Å². The number of sulfonamides is 1. The first kappa shape index (κ1) is 29.7. The van der Waals surface area contributed by atoms with Gasteiger partial charge in [0.1, 0.15) is 4.90 Å². The van der Waals surface area contributed by atoms with Crippen molar-refractivity contribution in [3.05, 3.63) is 83.4 Å². The molecule has 3 aromatic rings. The van der Waals surface area contributed by atoms with Gasteiger partial charge in [0.05, 0.1) is 5.69 Å². The Morgan fingerprint density at radius 1 is 0.905 bits per heavy atom. The highest BCUT2D eigenvalue weighted by molar-refractivity contribution is 7.92. The Hall–Kier alpha value is -3.79. The molecule has 0 aromatic heterocycles. The van der Waals surface area contributed by atoms with Crippen molar-refractivity contribution in [1.82, 2.24) is 4.90 Å². The lowest BCUT2D eigenvalue weighted by Crippen LogP contribution is -2.48. The zero-order valence-corrected chi connectivity index (χ0v) is 24.5. The van der Waals surface area contributed by atoms with Crippen molar-refractivity contribution >= 4 is 39.2 Å². The maximum atomic E-state index is 13.6. The van der Waals surface area contributed by atoms with Gasteiger partial charge in [-0.15, -0.1) is 0 Å². The number of nitrogens with zero attached hydrogens (tertiary/aromatic N) is 3. The Bertz CT molecular complexity index is 1540. The molecule has 42 heavy (non-hydrogen) atoms. The summed E-state index contributed by atoms with van der Waals surface area (Å²) < 4.78 is 56.7. The number of piperazine rings is 1. The van der Waals surface area contributed by atoms with E-state index in [2.05, 4.69) is 9.71 Å². The standard InChI is InChI=1S/C32H36F2N4O3S/c1-2-35-31-27(23-8-5-3-4-6-9-23)10-7-11-30(31)42(40,41)36-25-14-12-24(13-15-25)32(39)38-20-18-37(19-21-38)26-16-17-28(33)29(34)22-26/h2,7,10-17,22-23,36H,3-6,8-9,18-21H2,1H3. The van der Waals surface area contributed by atoms with Crippen LogP contribution in [0.4, 0.5) is 25.8 Å². The number of halogens is 2. The van der Waals surface area contributed by atoms with E-state index in [9.17, 15) is 22.0 Å². The van der Waals surface area contributed by atoms with Crippen LogP contribution in [0, 0.1) is 11.6 Å². The minimum atomic E-state index is -3.94. The van der Waals surface area contributed by atoms with E-state index >= 15 is 0 Å². The molecule has 0 bridgehead atoms. The number of anilines is 2. The first-order valence-electron chi connectivity index (χ1n) is 14.5. The van der Waals surface area contributed by atoms with Crippen LogP contribution in [0.5, 0.6) is 0 Å². The van der Waals surface area contributed by atoms with E-state index in [-0.39, 0.29) is 16.7 Å². The third-order valence-corrected chi connectivity index (χ3v) is 9.51. The van der Waals surface area contributed by atoms with Gasteiger partial charge in [0.15, 0.2) is 11.6 Å². The van der Waals surface area contributed by atoms with E-state index < -0.39 is 21.7 Å². The van der Waals surface area contributed by atoms with Crippen LogP contribution in [0.25, 0.3) is 0 Å². The highest BCUT2D eigenvalue weighted by atomic mass is 32.2. The smallest absolute Gasteiger partial charge is 0.264 e. The van der Waals surface area contributed by atoms with Gasteiger partial charge in [0, 0.05) is 55.4 Å². The number of carbonyl (C=O) groups excluding carboxylic acids is 1. The molecule has 10 heteroatoms. The highest BCUT2D eigenvalue weighted by Gasteiger charge is 2.26. The minimum absolute atomic E-state index is 0.140. The second kappa shape index (κ2) is 13.0. The molecule has 2 fully saturated rings. The topological polar surface area (TPSA) is 82.1 Å². The summed E-state index contributed by atoms with van der Waals surface area (Å²) in [6, 6.07) is 15.5. The molecule has 1 aliphatic heterocycles. The molecule has 1 aliphatic carbocycles. The van der Waals surface area contributed by atoms with E-state index in [1.165, 1.54) is 18.9 Å². The second-order valence-corrected chi connectivity index (χ2v) is 12.5. The van der Waals surface area contributed by atoms with Gasteiger partial charge in [0.2, 0.25) is 0 Å². The first-order chi connectivity index (χ1) is 20.3. The van der Waals surface area contributed by atoms with E-state index in [1.807, 2.05) is 11.0 Å². The summed E-state index contributed by atoms with van der Waals surface area (Å²) in [6.07, 6.45) is 8.35. The molecule has 7 nitrogen and oxygen atoms in total. The number of hydrogen-bond acceptors (Lipinski definition) is 5. The lowest BCUT2D eigenvalue weighted by molar-refractivity contribution is 0.0746. The fourth-order valence-electron chi connectivity index (χ4n) is 5.87. The van der Waals surface area contributed by atoms with E-state index in [0.29, 0.717) is 48.8 Å². The summed E-state index contributed by atoms with van der Waals surface area (Å²) in [4.78, 5) is 21.4. The first-order valence-corrected chi connectivity index (χ1v) is 16.0. The molecule has 1 amide bonds. The maximum Gasteiger partial charge on any atom is 0.264 e. The molecule has 222 valence electrons. The molecule has 1 N–H and O–H groups in total. The fraction of sp³-hybridized carbons (Fsp3) is 0.375. The molecule has 0 radical (unpaired) electrons. The third kappa shape index (κ3) is 6.64. The highest BCUT2D eigenvalue weighted by Crippen LogP contribution is 2.40. The largest absolute Gasteiger partial charge is 0.368 e. The number of aliphatic imine (C=N–C) groups is 1. The molecule has 2 aliphatic rings. The van der Waals surface area contributed by atoms with Gasteiger partial charge in [-0.1, -0.05) is 37.8 Å². The van der Waals surface area contributed by atoms with Gasteiger partial charge in [0.25, 0.3) is 15.9 Å². The number of amides is 1. The SMILES string of the molecule is CC=Nc1c(C2CCCCCC2)cccc1S(=O)(=O)Nc1ccc(C(=O)N2CCN(c3ccc(F)c(F)c3)CC2)cc1. The van der Waals surface area contributed by atoms with Crippen molar-refractivity contribution < 1.29 is 22.0 Å². The lowest BCUT2D eigenvalue weighted by atomic mass is 9.90. The zero-order chi connectivity index (χ0) is 29.7. The molecule has 0 atom stereocenters. The second-order valence-electron chi connectivity index (χ2n) is 10.8. The minimum Gasteiger partial charge on any atom is -0.368 e. The summed E-state index contributed by atoms with van der Waals surface area (Å²) >= 11 is 0. The van der Waals surface area contributed by atoms with E-state index in [4.69, 9.17) is 0 Å².